The third-order valence-corrected chi connectivity index (χ3v) is 1.59. The first kappa shape index (κ1) is 12.4. The van der Waals surface area contributed by atoms with E-state index in [1.165, 1.54) is 6.92 Å². The van der Waals surface area contributed by atoms with E-state index in [9.17, 15) is 22.4 Å². The monoisotopic (exact) mass is 241 g/mol. The number of carbonyl (C=O) groups excluding carboxylic acids is 1. The van der Waals surface area contributed by atoms with Crippen molar-refractivity contribution in [1.29, 1.82) is 0 Å². The molecule has 0 atom stereocenters. The molecule has 0 aliphatic carbocycles. The molecule has 0 aliphatic heterocycles. The molecule has 0 amide bonds. The Hall–Kier alpha value is -1.67. The molecule has 0 radical (unpaired) electrons. The predicted octanol–water partition coefficient (Wildman–Crippen LogP) is 1.79. The summed E-state index contributed by atoms with van der Waals surface area (Å²) in [6.45, 7) is -1.93. The summed E-state index contributed by atoms with van der Waals surface area (Å²) < 4.78 is 53.4. The van der Waals surface area contributed by atoms with Gasteiger partial charge in [0.15, 0.2) is 5.69 Å². The summed E-state index contributed by atoms with van der Waals surface area (Å²) in [5, 5.41) is 5.73. The fourth-order valence-corrected chi connectivity index (χ4v) is 0.993. The Labute approximate surface area is 87.0 Å². The molecule has 0 unspecified atom stereocenters. The molecule has 0 aromatic carbocycles. The third kappa shape index (κ3) is 2.28. The maximum absolute atomic E-state index is 12.4. The van der Waals surface area contributed by atoms with Crippen LogP contribution in [0.3, 0.4) is 0 Å². The molecule has 1 rings (SSSR count). The zero-order chi connectivity index (χ0) is 12.3. The van der Waals surface area contributed by atoms with E-state index in [2.05, 4.69) is 15.0 Å². The van der Waals surface area contributed by atoms with Gasteiger partial charge in [0.2, 0.25) is 0 Å². The van der Waals surface area contributed by atoms with Crippen molar-refractivity contribution in [2.75, 3.05) is 6.61 Å². The van der Waals surface area contributed by atoms with Crippen LogP contribution in [0.4, 0.5) is 17.6 Å². The van der Waals surface area contributed by atoms with Gasteiger partial charge in [0.05, 0.1) is 6.61 Å². The second-order valence-corrected chi connectivity index (χ2v) is 2.57. The van der Waals surface area contributed by atoms with Crippen molar-refractivity contribution in [2.24, 2.45) is 0 Å². The second-order valence-electron chi connectivity index (χ2n) is 2.57. The highest BCUT2D eigenvalue weighted by Crippen LogP contribution is 2.25. The van der Waals surface area contributed by atoms with Crippen LogP contribution in [0, 0.1) is 0 Å². The first-order valence-electron chi connectivity index (χ1n) is 4.17. The minimum absolute atomic E-state index is 0.0803. The molecule has 1 aromatic heterocycles. The van der Waals surface area contributed by atoms with Gasteiger partial charge in [-0.2, -0.15) is 13.5 Å². The smallest absolute Gasteiger partial charge is 0.361 e. The van der Waals surface area contributed by atoms with Gasteiger partial charge in [0, 0.05) is 0 Å². The van der Waals surface area contributed by atoms with E-state index in [1.54, 1.807) is 0 Å². The fraction of sp³-hybridized carbons (Fsp3) is 0.571. The van der Waals surface area contributed by atoms with Crippen LogP contribution in [0.25, 0.3) is 0 Å². The molecule has 1 heterocycles. The Kier molecular flexibility index (Phi) is 3.80. The first-order chi connectivity index (χ1) is 7.49. The number of carbonyl (C=O) groups is 1. The summed E-state index contributed by atoms with van der Waals surface area (Å²) in [5.74, 6) is -1.20. The highest BCUT2D eigenvalue weighted by molar-refractivity contribution is 5.88. The zero-order valence-electron chi connectivity index (χ0n) is 8.03. The number of halogens is 4. The predicted molar refractivity (Wildman–Crippen MR) is 42.2 cm³/mol. The lowest BCUT2D eigenvalue weighted by atomic mass is 10.3. The van der Waals surface area contributed by atoms with Crippen molar-refractivity contribution >= 4 is 5.97 Å². The maximum atomic E-state index is 12.4. The Balaban J connectivity index is 3.15. The molecule has 1 aromatic rings. The van der Waals surface area contributed by atoms with Gasteiger partial charge in [0.1, 0.15) is 5.69 Å². The molecular weight excluding hydrogens is 234 g/mol. The Morgan fingerprint density at radius 3 is 2.50 bits per heavy atom. The van der Waals surface area contributed by atoms with Crippen molar-refractivity contribution in [3.05, 3.63) is 11.4 Å². The number of rotatable bonds is 4. The van der Waals surface area contributed by atoms with Crippen molar-refractivity contribution < 1.29 is 27.1 Å². The van der Waals surface area contributed by atoms with Crippen LogP contribution in [0.2, 0.25) is 0 Å². The standard InChI is InChI=1S/C7H7F4N3O2/c1-2-16-6(15)3-4(5(8)9)14(7(10)11)13-12-3/h5,7H,2H2,1H3. The summed E-state index contributed by atoms with van der Waals surface area (Å²) in [5.41, 5.74) is -2.13. The van der Waals surface area contributed by atoms with E-state index >= 15 is 0 Å². The average molecular weight is 241 g/mol. The Morgan fingerprint density at radius 1 is 1.44 bits per heavy atom. The van der Waals surface area contributed by atoms with E-state index in [-0.39, 0.29) is 11.3 Å². The Morgan fingerprint density at radius 2 is 2.06 bits per heavy atom. The van der Waals surface area contributed by atoms with Gasteiger partial charge in [-0.1, -0.05) is 5.21 Å². The van der Waals surface area contributed by atoms with Crippen molar-refractivity contribution in [3.63, 3.8) is 0 Å². The van der Waals surface area contributed by atoms with E-state index in [0.717, 1.165) is 0 Å². The number of aromatic nitrogens is 3. The summed E-state index contributed by atoms with van der Waals surface area (Å²) >= 11 is 0. The van der Waals surface area contributed by atoms with E-state index < -0.39 is 30.3 Å². The molecule has 90 valence electrons. The first-order valence-corrected chi connectivity index (χ1v) is 4.17. The number of hydrogen-bond donors (Lipinski definition) is 0. The summed E-state index contributed by atoms with van der Waals surface area (Å²) in [4.78, 5) is 11.1. The quantitative estimate of drug-likeness (QED) is 0.595. The molecule has 5 nitrogen and oxygen atoms in total. The largest absolute Gasteiger partial charge is 0.461 e. The molecule has 0 fully saturated rings. The van der Waals surface area contributed by atoms with Crippen LogP contribution in [-0.4, -0.2) is 27.6 Å². The van der Waals surface area contributed by atoms with Crippen molar-refractivity contribution in [3.8, 4) is 0 Å². The van der Waals surface area contributed by atoms with Gasteiger partial charge in [-0.05, 0) is 6.92 Å². The highest BCUT2D eigenvalue weighted by atomic mass is 19.3. The van der Waals surface area contributed by atoms with Gasteiger partial charge in [-0.25, -0.2) is 13.6 Å². The maximum Gasteiger partial charge on any atom is 0.361 e. The van der Waals surface area contributed by atoms with Crippen molar-refractivity contribution in [2.45, 2.75) is 19.9 Å². The molecule has 16 heavy (non-hydrogen) atoms. The summed E-state index contributed by atoms with van der Waals surface area (Å²) in [7, 11) is 0. The van der Waals surface area contributed by atoms with Gasteiger partial charge in [-0.3, -0.25) is 0 Å². The number of ether oxygens (including phenoxy) is 1. The summed E-state index contributed by atoms with van der Waals surface area (Å²) in [6, 6.07) is 0. The topological polar surface area (TPSA) is 57.0 Å². The minimum Gasteiger partial charge on any atom is -0.461 e. The molecule has 0 aliphatic rings. The second kappa shape index (κ2) is 4.90. The van der Waals surface area contributed by atoms with Crippen molar-refractivity contribution in [1.82, 2.24) is 15.0 Å². The van der Waals surface area contributed by atoms with Crippen LogP contribution in [0.15, 0.2) is 0 Å². The number of hydrogen-bond acceptors (Lipinski definition) is 4. The highest BCUT2D eigenvalue weighted by Gasteiger charge is 2.30. The number of nitrogens with zero attached hydrogens (tertiary/aromatic N) is 3. The lowest BCUT2D eigenvalue weighted by Gasteiger charge is -2.05. The number of esters is 1. The van der Waals surface area contributed by atoms with Gasteiger partial charge >= 0.3 is 12.5 Å². The molecule has 0 spiro atoms. The molecule has 0 N–H and O–H groups in total. The minimum atomic E-state index is -3.29. The van der Waals surface area contributed by atoms with Gasteiger partial charge in [-0.15, -0.1) is 5.10 Å². The third-order valence-electron chi connectivity index (χ3n) is 1.59. The van der Waals surface area contributed by atoms with E-state index in [4.69, 9.17) is 0 Å². The fourth-order valence-electron chi connectivity index (χ4n) is 0.993. The van der Waals surface area contributed by atoms with E-state index in [0.29, 0.717) is 0 Å². The van der Waals surface area contributed by atoms with Crippen LogP contribution in [0.1, 0.15) is 36.1 Å². The Bertz CT molecular complexity index is 380. The van der Waals surface area contributed by atoms with Crippen LogP contribution in [-0.2, 0) is 4.74 Å². The summed E-state index contributed by atoms with van der Waals surface area (Å²) in [6.07, 6.45) is -3.29. The van der Waals surface area contributed by atoms with E-state index in [1.807, 2.05) is 0 Å². The lowest BCUT2D eigenvalue weighted by Crippen LogP contribution is -2.11. The molecule has 0 bridgehead atoms. The molecular formula is C7H7F4N3O2. The van der Waals surface area contributed by atoms with Gasteiger partial charge < -0.3 is 4.74 Å². The lowest BCUT2D eigenvalue weighted by molar-refractivity contribution is 0.0342. The molecule has 9 heteroatoms. The zero-order valence-corrected chi connectivity index (χ0v) is 8.03. The van der Waals surface area contributed by atoms with Crippen LogP contribution >= 0.6 is 0 Å². The van der Waals surface area contributed by atoms with Crippen LogP contribution < -0.4 is 0 Å². The SMILES string of the molecule is CCOC(=O)c1nnn(C(F)F)c1C(F)F. The van der Waals surface area contributed by atoms with Crippen LogP contribution in [0.5, 0.6) is 0 Å². The van der Waals surface area contributed by atoms with Gasteiger partial charge in [0.25, 0.3) is 6.43 Å². The average Bonchev–Trinajstić information content (AvgIpc) is 2.61. The molecule has 0 saturated heterocycles. The normalized spacial score (nSPS) is 11.2. The number of alkyl halides is 4. The molecule has 0 saturated carbocycles.